The van der Waals surface area contributed by atoms with Gasteiger partial charge in [0.15, 0.2) is 5.16 Å². The highest BCUT2D eigenvalue weighted by atomic mass is 35.5. The van der Waals surface area contributed by atoms with Gasteiger partial charge in [-0.05, 0) is 26.0 Å². The lowest BCUT2D eigenvalue weighted by molar-refractivity contribution is -0.118. The van der Waals surface area contributed by atoms with E-state index in [-0.39, 0.29) is 11.7 Å². The summed E-state index contributed by atoms with van der Waals surface area (Å²) in [6.45, 7) is 3.77. The van der Waals surface area contributed by atoms with Gasteiger partial charge in [0, 0.05) is 17.0 Å². The number of nitrogens with zero attached hydrogens (tertiary/aromatic N) is 3. The van der Waals surface area contributed by atoms with Crippen molar-refractivity contribution in [2.75, 3.05) is 5.75 Å². The standard InChI is InChI=1S/C15H14Cl2N4OS/c1-9-6-10(2)20-15(19-9)23-8-13(22)21-18-7-11-4-3-5-12(16)14(11)17/h3-7H,8H2,1-2H3,(H,21,22)/b18-7+. The van der Waals surface area contributed by atoms with Crippen LogP contribution in [0.15, 0.2) is 34.5 Å². The molecule has 0 unspecified atom stereocenters. The zero-order valence-corrected chi connectivity index (χ0v) is 14.8. The van der Waals surface area contributed by atoms with Crippen LogP contribution in [-0.4, -0.2) is 27.8 Å². The van der Waals surface area contributed by atoms with E-state index in [1.165, 1.54) is 18.0 Å². The van der Waals surface area contributed by atoms with Gasteiger partial charge >= 0.3 is 0 Å². The van der Waals surface area contributed by atoms with Gasteiger partial charge in [0.05, 0.1) is 22.0 Å². The Labute approximate surface area is 148 Å². The van der Waals surface area contributed by atoms with Crippen molar-refractivity contribution in [2.45, 2.75) is 19.0 Å². The molecule has 0 atom stereocenters. The summed E-state index contributed by atoms with van der Waals surface area (Å²) in [5.41, 5.74) is 4.80. The maximum atomic E-state index is 11.8. The molecule has 1 aromatic carbocycles. The van der Waals surface area contributed by atoms with Crippen LogP contribution in [-0.2, 0) is 4.79 Å². The molecule has 2 rings (SSSR count). The summed E-state index contributed by atoms with van der Waals surface area (Å²) in [6, 6.07) is 7.07. The fourth-order valence-corrected chi connectivity index (χ4v) is 2.81. The van der Waals surface area contributed by atoms with Gasteiger partial charge in [-0.25, -0.2) is 15.4 Å². The zero-order chi connectivity index (χ0) is 16.8. The average molecular weight is 369 g/mol. The van der Waals surface area contributed by atoms with Crippen LogP contribution in [0.2, 0.25) is 10.0 Å². The van der Waals surface area contributed by atoms with Crippen molar-refractivity contribution in [2.24, 2.45) is 5.10 Å². The van der Waals surface area contributed by atoms with Gasteiger partial charge in [-0.15, -0.1) is 0 Å². The van der Waals surface area contributed by atoms with E-state index in [0.717, 1.165) is 11.4 Å². The monoisotopic (exact) mass is 368 g/mol. The number of benzene rings is 1. The number of thioether (sulfide) groups is 1. The van der Waals surface area contributed by atoms with Crippen molar-refractivity contribution in [3.63, 3.8) is 0 Å². The summed E-state index contributed by atoms with van der Waals surface area (Å²) in [6.07, 6.45) is 1.45. The second-order valence-electron chi connectivity index (χ2n) is 4.66. The first-order valence-electron chi connectivity index (χ1n) is 6.66. The second kappa shape index (κ2) is 8.29. The number of rotatable bonds is 5. The molecule has 1 amide bonds. The van der Waals surface area contributed by atoms with Crippen molar-refractivity contribution in [1.82, 2.24) is 15.4 Å². The summed E-state index contributed by atoms with van der Waals surface area (Å²) in [5.74, 6) is -0.0871. The van der Waals surface area contributed by atoms with E-state index >= 15 is 0 Å². The molecule has 0 aliphatic rings. The van der Waals surface area contributed by atoms with Gasteiger partial charge in [-0.2, -0.15) is 5.10 Å². The van der Waals surface area contributed by atoms with Gasteiger partial charge in [0.2, 0.25) is 0 Å². The Morgan fingerprint density at radius 3 is 2.70 bits per heavy atom. The number of halogens is 2. The number of aromatic nitrogens is 2. The molecule has 1 N–H and O–H groups in total. The molecular formula is C15H14Cl2N4OS. The lowest BCUT2D eigenvalue weighted by atomic mass is 10.2. The zero-order valence-electron chi connectivity index (χ0n) is 12.5. The molecule has 1 aromatic heterocycles. The molecule has 120 valence electrons. The van der Waals surface area contributed by atoms with Crippen LogP contribution in [0.4, 0.5) is 0 Å². The minimum absolute atomic E-state index is 0.170. The van der Waals surface area contributed by atoms with Crippen molar-refractivity contribution in [1.29, 1.82) is 0 Å². The van der Waals surface area contributed by atoms with Gasteiger partial charge in [0.25, 0.3) is 5.91 Å². The van der Waals surface area contributed by atoms with Crippen molar-refractivity contribution in [3.8, 4) is 0 Å². The molecule has 0 saturated carbocycles. The molecule has 0 aliphatic carbocycles. The number of amides is 1. The highest BCUT2D eigenvalue weighted by molar-refractivity contribution is 7.99. The van der Waals surface area contributed by atoms with Crippen molar-refractivity contribution < 1.29 is 4.79 Å². The second-order valence-corrected chi connectivity index (χ2v) is 6.39. The van der Waals surface area contributed by atoms with Crippen LogP contribution < -0.4 is 5.43 Å². The largest absolute Gasteiger partial charge is 0.272 e. The molecule has 2 aromatic rings. The number of carbonyl (C=O) groups is 1. The number of carbonyl (C=O) groups excluding carboxylic acids is 1. The smallest absolute Gasteiger partial charge is 0.250 e. The van der Waals surface area contributed by atoms with E-state index in [1.807, 2.05) is 19.9 Å². The van der Waals surface area contributed by atoms with E-state index in [1.54, 1.807) is 18.2 Å². The predicted octanol–water partition coefficient (Wildman–Crippen LogP) is 3.64. The van der Waals surface area contributed by atoms with Crippen molar-refractivity contribution >= 4 is 47.1 Å². The summed E-state index contributed by atoms with van der Waals surface area (Å²) < 4.78 is 0. The van der Waals surface area contributed by atoms with Crippen LogP contribution in [0.25, 0.3) is 0 Å². The Kier molecular flexibility index (Phi) is 6.38. The normalized spacial score (nSPS) is 11.0. The number of hydrogen-bond donors (Lipinski definition) is 1. The Bertz CT molecular complexity index is 732. The Balaban J connectivity index is 1.87. The summed E-state index contributed by atoms with van der Waals surface area (Å²) in [4.78, 5) is 20.3. The summed E-state index contributed by atoms with van der Waals surface area (Å²) in [7, 11) is 0. The first kappa shape index (κ1) is 17.7. The van der Waals surface area contributed by atoms with Gasteiger partial charge in [-0.1, -0.05) is 47.1 Å². The molecule has 5 nitrogen and oxygen atoms in total. The van der Waals surface area contributed by atoms with E-state index < -0.39 is 0 Å². The minimum Gasteiger partial charge on any atom is -0.272 e. The van der Waals surface area contributed by atoms with Crippen LogP contribution in [0.5, 0.6) is 0 Å². The molecule has 0 radical (unpaired) electrons. The molecule has 23 heavy (non-hydrogen) atoms. The SMILES string of the molecule is Cc1cc(C)nc(SCC(=O)N/N=C/c2cccc(Cl)c2Cl)n1. The molecule has 1 heterocycles. The Morgan fingerprint density at radius 2 is 2.00 bits per heavy atom. The Morgan fingerprint density at radius 1 is 1.30 bits per heavy atom. The maximum absolute atomic E-state index is 11.8. The fourth-order valence-electron chi connectivity index (χ4n) is 1.71. The first-order valence-corrected chi connectivity index (χ1v) is 8.41. The molecule has 0 fully saturated rings. The highest BCUT2D eigenvalue weighted by Crippen LogP contribution is 2.24. The highest BCUT2D eigenvalue weighted by Gasteiger charge is 2.06. The molecule has 8 heteroatoms. The lowest BCUT2D eigenvalue weighted by Crippen LogP contribution is -2.19. The fraction of sp³-hybridized carbons (Fsp3) is 0.200. The van der Waals surface area contributed by atoms with E-state index in [0.29, 0.717) is 20.8 Å². The van der Waals surface area contributed by atoms with Crippen LogP contribution in [0, 0.1) is 13.8 Å². The molecule has 0 bridgehead atoms. The third-order valence-electron chi connectivity index (χ3n) is 2.67. The lowest BCUT2D eigenvalue weighted by Gasteiger charge is -2.03. The van der Waals surface area contributed by atoms with Crippen LogP contribution in [0.1, 0.15) is 17.0 Å². The predicted molar refractivity (Wildman–Crippen MR) is 94.4 cm³/mol. The van der Waals surface area contributed by atoms with Gasteiger partial charge in [0.1, 0.15) is 0 Å². The topological polar surface area (TPSA) is 67.2 Å². The number of nitrogens with one attached hydrogen (secondary N) is 1. The number of aryl methyl sites for hydroxylation is 2. The minimum atomic E-state index is -0.257. The van der Waals surface area contributed by atoms with Crippen LogP contribution in [0.3, 0.4) is 0 Å². The van der Waals surface area contributed by atoms with Crippen LogP contribution >= 0.6 is 35.0 Å². The average Bonchev–Trinajstić information content (AvgIpc) is 2.48. The quantitative estimate of drug-likeness (QED) is 0.378. The number of hydrogen-bond acceptors (Lipinski definition) is 5. The number of hydrazone groups is 1. The van der Waals surface area contributed by atoms with Gasteiger partial charge < -0.3 is 0 Å². The molecule has 0 aliphatic heterocycles. The summed E-state index contributed by atoms with van der Waals surface area (Å²) in [5, 5.41) is 5.27. The third kappa shape index (κ3) is 5.49. The van der Waals surface area contributed by atoms with E-state index in [9.17, 15) is 4.79 Å². The maximum Gasteiger partial charge on any atom is 0.250 e. The first-order chi connectivity index (χ1) is 11.0. The van der Waals surface area contributed by atoms with E-state index in [4.69, 9.17) is 23.2 Å². The molecule has 0 saturated heterocycles. The summed E-state index contributed by atoms with van der Waals surface area (Å²) >= 11 is 13.2. The molecule has 0 spiro atoms. The molecular weight excluding hydrogens is 355 g/mol. The van der Waals surface area contributed by atoms with Crippen molar-refractivity contribution in [3.05, 3.63) is 51.3 Å². The van der Waals surface area contributed by atoms with E-state index in [2.05, 4.69) is 20.5 Å². The van der Waals surface area contributed by atoms with Gasteiger partial charge in [-0.3, -0.25) is 4.79 Å². The Hall–Kier alpha value is -1.63. The third-order valence-corrected chi connectivity index (χ3v) is 4.35.